The number of anilines is 7. The first-order chi connectivity index (χ1) is 28.7. The van der Waals surface area contributed by atoms with E-state index in [1.165, 1.54) is 56.6 Å². The molecule has 0 bridgehead atoms. The van der Waals surface area contributed by atoms with Crippen molar-refractivity contribution >= 4 is 39.8 Å². The number of rotatable bonds is 6. The largest absolute Gasteiger partial charge is 4.00 e. The molecule has 0 aromatic heterocycles. The quantitative estimate of drug-likeness (QED) is 0.155. The number of hydrogen-bond acceptors (Lipinski definition) is 5. The predicted octanol–water partition coefficient (Wildman–Crippen LogP) is 14.0. The zero-order valence-corrected chi connectivity index (χ0v) is 36.9. The summed E-state index contributed by atoms with van der Waals surface area (Å²) in [4.78, 5) is 9.09. The van der Waals surface area contributed by atoms with E-state index in [0.29, 0.717) is 0 Å². The van der Waals surface area contributed by atoms with Crippen LogP contribution in [0.3, 0.4) is 0 Å². The first kappa shape index (κ1) is 40.7. The molecule has 3 aliphatic rings. The van der Waals surface area contributed by atoms with Crippen LogP contribution in [0.1, 0.15) is 51.7 Å². The van der Waals surface area contributed by atoms with Gasteiger partial charge in [0.25, 0.3) is 0 Å². The van der Waals surface area contributed by atoms with Crippen molar-refractivity contribution in [3.05, 3.63) is 195 Å². The van der Waals surface area contributed by atoms with E-state index in [1.54, 1.807) is 0 Å². The minimum absolute atomic E-state index is 0. The molecule has 2 aliphatic heterocycles. The Labute approximate surface area is 370 Å². The first-order valence-corrected chi connectivity index (χ1v) is 20.3. The van der Waals surface area contributed by atoms with Crippen LogP contribution in [0.25, 0.3) is 33.4 Å². The van der Waals surface area contributed by atoms with Crippen LogP contribution in [0, 0.1) is 31.2 Å². The summed E-state index contributed by atoms with van der Waals surface area (Å²) in [5.41, 5.74) is 18.1. The maximum Gasteiger partial charge on any atom is 4.00 e. The Balaban J connectivity index is 0.00000164. The van der Waals surface area contributed by atoms with Crippen LogP contribution in [-0.4, -0.2) is 7.05 Å². The Morgan fingerprint density at radius 2 is 0.967 bits per heavy atom. The molecule has 0 atom stereocenters. The van der Waals surface area contributed by atoms with Gasteiger partial charge in [0.15, 0.2) is 0 Å². The minimum atomic E-state index is 0. The van der Waals surface area contributed by atoms with Crippen molar-refractivity contribution in [2.24, 2.45) is 0 Å². The van der Waals surface area contributed by atoms with Crippen LogP contribution in [-0.2, 0) is 31.9 Å². The van der Waals surface area contributed by atoms with Crippen LogP contribution in [0.4, 0.5) is 39.8 Å². The van der Waals surface area contributed by atoms with Crippen molar-refractivity contribution < 1.29 is 21.1 Å². The molecule has 0 fully saturated rings. The van der Waals surface area contributed by atoms with Gasteiger partial charge in [-0.15, -0.1) is 36.2 Å². The molecule has 0 saturated heterocycles. The van der Waals surface area contributed by atoms with Crippen LogP contribution in [0.15, 0.2) is 158 Å². The summed E-state index contributed by atoms with van der Waals surface area (Å²) < 4.78 is 0. The van der Waals surface area contributed by atoms with Gasteiger partial charge >= 0.3 is 21.1 Å². The molecule has 1 aliphatic carbocycles. The molecule has 0 N–H and O–H groups in total. The second kappa shape index (κ2) is 16.2. The predicted molar refractivity (Wildman–Crippen MR) is 245 cm³/mol. The summed E-state index contributed by atoms with van der Waals surface area (Å²) in [6, 6.07) is 61.3. The SMILES string of the molecule is CN1[CH-]N(c2[c-]c(N3[CH-]N(c4c(-c5ccccc5)cc(-c5cccc6c5C(C)(C)CCC6(C)C)cc4-c4ccccc4)c4ccccc43)ccc2)c2ccccc21.[C-]#N.[Pt+4]. The van der Waals surface area contributed by atoms with E-state index in [-0.39, 0.29) is 31.9 Å². The summed E-state index contributed by atoms with van der Waals surface area (Å²) in [7, 11) is 2.10. The fourth-order valence-electron chi connectivity index (χ4n) is 9.36. The molecule has 0 radical (unpaired) electrons. The molecule has 7 aromatic carbocycles. The van der Waals surface area contributed by atoms with Gasteiger partial charge in [0, 0.05) is 39.6 Å². The van der Waals surface area contributed by atoms with Gasteiger partial charge in [0.1, 0.15) is 0 Å². The Morgan fingerprint density at radius 1 is 0.500 bits per heavy atom. The standard InChI is InChI=1S/C53H47N4.CN.Pt/c1-52(2)30-31-53(3,4)50-42(24-17-25-45(50)52)39-32-43(37-18-8-6-9-19-37)51(44(33-39)38-20-10-7-11-21-38)57-36-56(48-28-14-15-29-49(48)57)41-23-16-22-40(34-41)55-35-54(5)46-26-12-13-27-47(46)55;1-2;/h6-29,32-33,35-36H,30-31H2,1-5H3;;/q-3;-1;+4. The van der Waals surface area contributed by atoms with Crippen molar-refractivity contribution in [3.63, 3.8) is 0 Å². The van der Waals surface area contributed by atoms with E-state index in [2.05, 4.69) is 231 Å². The Bertz CT molecular complexity index is 2620. The van der Waals surface area contributed by atoms with Crippen molar-refractivity contribution in [1.29, 1.82) is 5.26 Å². The minimum Gasteiger partial charge on any atom is -0.512 e. The van der Waals surface area contributed by atoms with E-state index < -0.39 is 0 Å². The van der Waals surface area contributed by atoms with E-state index >= 15 is 0 Å². The molecule has 0 spiro atoms. The zero-order valence-electron chi connectivity index (χ0n) is 34.6. The summed E-state index contributed by atoms with van der Waals surface area (Å²) in [5.74, 6) is 0. The summed E-state index contributed by atoms with van der Waals surface area (Å²) in [6.45, 7) is 18.9. The third kappa shape index (κ3) is 6.98. The second-order valence-corrected chi connectivity index (χ2v) is 17.0. The van der Waals surface area contributed by atoms with Gasteiger partial charge in [-0.2, -0.15) is 12.7 Å². The molecule has 0 saturated carbocycles. The number of hydrogen-bond donors (Lipinski definition) is 0. The molecule has 10 rings (SSSR count). The second-order valence-electron chi connectivity index (χ2n) is 17.0. The average molecular weight is 961 g/mol. The molecule has 2 heterocycles. The van der Waals surface area contributed by atoms with E-state index in [9.17, 15) is 0 Å². The molecule has 5 nitrogen and oxygen atoms in total. The fraction of sp³-hybridized carbons (Fsp3) is 0.167. The summed E-state index contributed by atoms with van der Waals surface area (Å²) in [5, 5.41) is 6.25. The maximum absolute atomic E-state index is 6.25. The number of benzene rings is 7. The van der Waals surface area contributed by atoms with Gasteiger partial charge in [0.05, 0.1) is 0 Å². The monoisotopic (exact) mass is 960 g/mol. The summed E-state index contributed by atoms with van der Waals surface area (Å²) in [6.07, 6.45) is 2.34. The first-order valence-electron chi connectivity index (χ1n) is 20.3. The van der Waals surface area contributed by atoms with Gasteiger partial charge in [-0.05, 0) is 100 Å². The van der Waals surface area contributed by atoms with Gasteiger partial charge in [0.2, 0.25) is 0 Å². The third-order valence-electron chi connectivity index (χ3n) is 12.4. The van der Waals surface area contributed by atoms with Crippen LogP contribution >= 0.6 is 0 Å². The fourth-order valence-corrected chi connectivity index (χ4v) is 9.36. The summed E-state index contributed by atoms with van der Waals surface area (Å²) >= 11 is 0. The third-order valence-corrected chi connectivity index (χ3v) is 12.4. The van der Waals surface area contributed by atoms with Gasteiger partial charge in [-0.1, -0.05) is 131 Å². The zero-order chi connectivity index (χ0) is 40.9. The molecular weight excluding hydrogens is 914 g/mol. The molecule has 0 amide bonds. The van der Waals surface area contributed by atoms with Crippen LogP contribution < -0.4 is 19.6 Å². The number of nitrogens with zero attached hydrogens (tertiary/aromatic N) is 5. The van der Waals surface area contributed by atoms with E-state index in [0.717, 1.165) is 40.5 Å². The Hall–Kier alpha value is -6.08. The molecule has 60 heavy (non-hydrogen) atoms. The van der Waals surface area contributed by atoms with Crippen molar-refractivity contribution in [1.82, 2.24) is 0 Å². The topological polar surface area (TPSA) is 36.8 Å². The Kier molecular flexibility index (Phi) is 11.0. The Morgan fingerprint density at radius 3 is 1.55 bits per heavy atom. The van der Waals surface area contributed by atoms with E-state index in [1.807, 2.05) is 0 Å². The van der Waals surface area contributed by atoms with Crippen molar-refractivity contribution in [2.45, 2.75) is 51.4 Å². The molecule has 6 heteroatoms. The van der Waals surface area contributed by atoms with Crippen LogP contribution in [0.5, 0.6) is 0 Å². The van der Waals surface area contributed by atoms with Crippen molar-refractivity contribution in [2.75, 3.05) is 26.6 Å². The number of para-hydroxylation sites is 4. The van der Waals surface area contributed by atoms with E-state index in [4.69, 9.17) is 11.8 Å². The molecule has 0 unspecified atom stereocenters. The van der Waals surface area contributed by atoms with Gasteiger partial charge in [-0.3, -0.25) is 0 Å². The van der Waals surface area contributed by atoms with Gasteiger partial charge in [-0.25, -0.2) is 0 Å². The normalized spacial score (nSPS) is 15.6. The average Bonchev–Trinajstić information content (AvgIpc) is 3.84. The number of fused-ring (bicyclic) bond motifs is 3. The molecule has 298 valence electrons. The maximum atomic E-state index is 6.25. The molecule has 7 aromatic rings. The van der Waals surface area contributed by atoms with Gasteiger partial charge < -0.3 is 31.4 Å². The van der Waals surface area contributed by atoms with Crippen molar-refractivity contribution in [3.8, 4) is 33.4 Å². The molecular formula is C54H47N5Pt. The smallest absolute Gasteiger partial charge is 0.512 e. The van der Waals surface area contributed by atoms with Crippen LogP contribution in [0.2, 0.25) is 0 Å².